The molecule has 1 saturated heterocycles. The van der Waals surface area contributed by atoms with Crippen LogP contribution in [0.2, 0.25) is 0 Å². The summed E-state index contributed by atoms with van der Waals surface area (Å²) in [5.74, 6) is 0.710. The van der Waals surface area contributed by atoms with E-state index >= 15 is 0 Å². The molecule has 1 amide bonds. The molecule has 2 aliphatic rings. The van der Waals surface area contributed by atoms with Crippen LogP contribution in [0.5, 0.6) is 0 Å². The number of aromatic nitrogens is 3. The number of hydrogen-bond acceptors (Lipinski definition) is 6. The van der Waals surface area contributed by atoms with Crippen molar-refractivity contribution in [1.82, 2.24) is 20.0 Å². The quantitative estimate of drug-likeness (QED) is 0.484. The number of carbonyl (C=O) groups excluding carboxylic acids is 1. The van der Waals surface area contributed by atoms with Crippen molar-refractivity contribution in [2.75, 3.05) is 32.9 Å². The van der Waals surface area contributed by atoms with Gasteiger partial charge in [-0.25, -0.2) is 14.2 Å². The molecule has 37 heavy (non-hydrogen) atoms. The molecule has 0 aliphatic carbocycles. The lowest BCUT2D eigenvalue weighted by molar-refractivity contribution is -0.947. The minimum atomic E-state index is -0.432. The summed E-state index contributed by atoms with van der Waals surface area (Å²) in [5, 5.41) is 7.81. The number of halogens is 1. The van der Waals surface area contributed by atoms with Gasteiger partial charge < -0.3 is 14.6 Å². The lowest BCUT2D eigenvalue weighted by Crippen LogP contribution is -2.56. The van der Waals surface area contributed by atoms with Gasteiger partial charge in [0.1, 0.15) is 11.6 Å². The number of carbonyl (C=O) groups is 1. The summed E-state index contributed by atoms with van der Waals surface area (Å²) in [7, 11) is 0. The van der Waals surface area contributed by atoms with E-state index in [1.54, 1.807) is 6.07 Å². The van der Waals surface area contributed by atoms with Crippen LogP contribution in [0.1, 0.15) is 61.3 Å². The SMILES string of the molecule is CCNC(=O)OC[N+]1(CCc2c(C)nc3n(c2=O)CCCC3)CCC(c2noc3cc(F)ccc23)CC1. The van der Waals surface area contributed by atoms with Gasteiger partial charge >= 0.3 is 6.09 Å². The van der Waals surface area contributed by atoms with Gasteiger partial charge in [0.25, 0.3) is 5.56 Å². The first-order chi connectivity index (χ1) is 17.9. The van der Waals surface area contributed by atoms with E-state index in [4.69, 9.17) is 14.2 Å². The first kappa shape index (κ1) is 25.4. The zero-order chi connectivity index (χ0) is 26.0. The van der Waals surface area contributed by atoms with Gasteiger partial charge in [-0.05, 0) is 38.8 Å². The number of aryl methyl sites for hydroxylation is 2. The van der Waals surface area contributed by atoms with E-state index in [1.165, 1.54) is 12.1 Å². The van der Waals surface area contributed by atoms with Gasteiger partial charge in [0.05, 0.1) is 25.3 Å². The fourth-order valence-electron chi connectivity index (χ4n) is 5.79. The summed E-state index contributed by atoms with van der Waals surface area (Å²) in [4.78, 5) is 30.2. The van der Waals surface area contributed by atoms with E-state index in [2.05, 4.69) is 10.5 Å². The third-order valence-corrected chi connectivity index (χ3v) is 7.96. The van der Waals surface area contributed by atoms with Crippen LogP contribution >= 0.6 is 0 Å². The number of piperidine rings is 1. The second-order valence-corrected chi connectivity index (χ2v) is 10.3. The molecule has 0 spiro atoms. The maximum atomic E-state index is 13.6. The van der Waals surface area contributed by atoms with Crippen molar-refractivity contribution in [1.29, 1.82) is 0 Å². The minimum Gasteiger partial charge on any atom is -0.399 e. The van der Waals surface area contributed by atoms with Crippen LogP contribution in [-0.2, 0) is 24.1 Å². The van der Waals surface area contributed by atoms with Gasteiger partial charge in [-0.1, -0.05) is 5.16 Å². The highest BCUT2D eigenvalue weighted by molar-refractivity contribution is 5.79. The highest BCUT2D eigenvalue weighted by atomic mass is 19.1. The predicted octanol–water partition coefficient (Wildman–Crippen LogP) is 3.81. The largest absolute Gasteiger partial charge is 0.411 e. The molecule has 2 aliphatic heterocycles. The Morgan fingerprint density at radius 1 is 1.30 bits per heavy atom. The van der Waals surface area contributed by atoms with Gasteiger partial charge in [-0.2, -0.15) is 0 Å². The number of benzene rings is 1. The van der Waals surface area contributed by atoms with Crippen molar-refractivity contribution < 1.29 is 22.9 Å². The fourth-order valence-corrected chi connectivity index (χ4v) is 5.79. The Balaban J connectivity index is 1.34. The molecule has 10 heteroatoms. The molecule has 3 aromatic rings. The number of alkyl carbamates (subject to hydrolysis) is 1. The van der Waals surface area contributed by atoms with E-state index in [0.29, 0.717) is 29.6 Å². The van der Waals surface area contributed by atoms with E-state index in [-0.39, 0.29) is 24.0 Å². The van der Waals surface area contributed by atoms with Crippen molar-refractivity contribution in [3.63, 3.8) is 0 Å². The van der Waals surface area contributed by atoms with E-state index in [1.807, 2.05) is 18.4 Å². The Labute approximate surface area is 215 Å². The van der Waals surface area contributed by atoms with Crippen LogP contribution < -0.4 is 10.9 Å². The molecule has 0 atom stereocenters. The first-order valence-corrected chi connectivity index (χ1v) is 13.3. The number of fused-ring (bicyclic) bond motifs is 2. The molecule has 4 heterocycles. The Bertz CT molecular complexity index is 1340. The number of ether oxygens (including phenoxy) is 1. The van der Waals surface area contributed by atoms with Crippen LogP contribution in [0.15, 0.2) is 27.5 Å². The number of rotatable bonds is 7. The Morgan fingerprint density at radius 3 is 2.89 bits per heavy atom. The average molecular weight is 513 g/mol. The number of likely N-dealkylation sites (tertiary alicyclic amines) is 1. The lowest BCUT2D eigenvalue weighted by atomic mass is 9.90. The van der Waals surface area contributed by atoms with Crippen molar-refractivity contribution in [3.05, 3.63) is 57.1 Å². The van der Waals surface area contributed by atoms with Gasteiger partial charge in [0.2, 0.25) is 6.73 Å². The van der Waals surface area contributed by atoms with Crippen LogP contribution in [0.4, 0.5) is 9.18 Å². The topological polar surface area (TPSA) is 99.2 Å². The average Bonchev–Trinajstić information content (AvgIpc) is 3.31. The summed E-state index contributed by atoms with van der Waals surface area (Å²) < 4.78 is 27.0. The van der Waals surface area contributed by atoms with Crippen molar-refractivity contribution >= 4 is 17.1 Å². The lowest BCUT2D eigenvalue weighted by Gasteiger charge is -2.42. The zero-order valence-corrected chi connectivity index (χ0v) is 21.6. The second-order valence-electron chi connectivity index (χ2n) is 10.3. The second kappa shape index (κ2) is 10.6. The number of quaternary nitrogens is 1. The highest BCUT2D eigenvalue weighted by Crippen LogP contribution is 2.35. The Morgan fingerprint density at radius 2 is 2.11 bits per heavy atom. The summed E-state index contributed by atoms with van der Waals surface area (Å²) >= 11 is 0. The van der Waals surface area contributed by atoms with Crippen LogP contribution in [0, 0.1) is 12.7 Å². The molecule has 0 bridgehead atoms. The van der Waals surface area contributed by atoms with Gasteiger partial charge in [-0.3, -0.25) is 13.8 Å². The summed E-state index contributed by atoms with van der Waals surface area (Å²) in [6.07, 6.45) is 4.70. The van der Waals surface area contributed by atoms with E-state index < -0.39 is 6.09 Å². The fraction of sp³-hybridized carbons (Fsp3) is 0.556. The molecular formula is C27H35FN5O4+. The summed E-state index contributed by atoms with van der Waals surface area (Å²) in [6.45, 7) is 7.44. The van der Waals surface area contributed by atoms with E-state index in [0.717, 1.165) is 79.9 Å². The Kier molecular flexibility index (Phi) is 7.28. The van der Waals surface area contributed by atoms with Crippen LogP contribution in [0.3, 0.4) is 0 Å². The monoisotopic (exact) mass is 512 g/mol. The molecule has 5 rings (SSSR count). The molecule has 198 valence electrons. The van der Waals surface area contributed by atoms with Crippen LogP contribution in [0.25, 0.3) is 11.0 Å². The molecule has 9 nitrogen and oxygen atoms in total. The maximum absolute atomic E-state index is 13.6. The number of amides is 1. The van der Waals surface area contributed by atoms with Crippen molar-refractivity contribution in [3.8, 4) is 0 Å². The Hall–Kier alpha value is -3.27. The van der Waals surface area contributed by atoms with E-state index in [9.17, 15) is 14.0 Å². The van der Waals surface area contributed by atoms with Crippen molar-refractivity contribution in [2.24, 2.45) is 0 Å². The number of nitrogens with one attached hydrogen (secondary N) is 1. The minimum absolute atomic E-state index is 0.0705. The molecule has 1 aromatic carbocycles. The van der Waals surface area contributed by atoms with Crippen LogP contribution in [-0.4, -0.2) is 58.2 Å². The standard InChI is InChI=1S/C27H34FN5O4/c1-3-29-27(35)36-17-33(15-11-21-18(2)30-24-6-4-5-12-32(24)26(21)34)13-9-19(10-14-33)25-22-8-7-20(28)16-23(22)37-31-25/h7-8,16,19H,3-6,9-15,17H2,1-2H3/p+1. The molecular weight excluding hydrogens is 477 g/mol. The number of hydrogen-bond donors (Lipinski definition) is 1. The third kappa shape index (κ3) is 5.25. The predicted molar refractivity (Wildman–Crippen MR) is 136 cm³/mol. The maximum Gasteiger partial charge on any atom is 0.411 e. The molecule has 1 N–H and O–H groups in total. The first-order valence-electron chi connectivity index (χ1n) is 13.3. The summed E-state index contributed by atoms with van der Waals surface area (Å²) in [5.41, 5.74) is 2.94. The highest BCUT2D eigenvalue weighted by Gasteiger charge is 2.37. The summed E-state index contributed by atoms with van der Waals surface area (Å²) in [6, 6.07) is 4.52. The molecule has 0 saturated carbocycles. The zero-order valence-electron chi connectivity index (χ0n) is 21.6. The van der Waals surface area contributed by atoms with Crippen molar-refractivity contribution in [2.45, 2.75) is 64.8 Å². The smallest absolute Gasteiger partial charge is 0.399 e. The molecule has 1 fully saturated rings. The van der Waals surface area contributed by atoms with Gasteiger partial charge in [0.15, 0.2) is 5.58 Å². The third-order valence-electron chi connectivity index (χ3n) is 7.96. The van der Waals surface area contributed by atoms with Gasteiger partial charge in [-0.15, -0.1) is 0 Å². The normalized spacial score (nSPS) is 21.5. The molecule has 2 aromatic heterocycles. The van der Waals surface area contributed by atoms with Gasteiger partial charge in [0, 0.05) is 67.4 Å². The molecule has 0 radical (unpaired) electrons. The number of nitrogens with zero attached hydrogens (tertiary/aromatic N) is 4. The molecule has 0 unspecified atom stereocenters.